The summed E-state index contributed by atoms with van der Waals surface area (Å²) in [6.45, 7) is 6.17. The van der Waals surface area contributed by atoms with Gasteiger partial charge in [-0.05, 0) is 56.7 Å². The van der Waals surface area contributed by atoms with Crippen LogP contribution in [0.25, 0.3) is 5.69 Å². The number of fused-ring (bicyclic) bond motifs is 3. The highest BCUT2D eigenvalue weighted by Gasteiger charge is 2.38. The van der Waals surface area contributed by atoms with Crippen molar-refractivity contribution >= 4 is 17.5 Å². The Morgan fingerprint density at radius 1 is 0.971 bits per heavy atom. The van der Waals surface area contributed by atoms with E-state index in [1.165, 1.54) is 12.8 Å². The normalized spacial score (nSPS) is 14.7. The maximum absolute atomic E-state index is 13.9. The number of furan rings is 1. The lowest BCUT2D eigenvalue weighted by atomic mass is 10.0. The van der Waals surface area contributed by atoms with Crippen LogP contribution in [0.1, 0.15) is 76.8 Å². The summed E-state index contributed by atoms with van der Waals surface area (Å²) in [5, 5.41) is 0. The number of carbonyl (C=O) groups is 2. The van der Waals surface area contributed by atoms with E-state index in [-0.39, 0.29) is 24.4 Å². The molecule has 180 valence electrons. The van der Waals surface area contributed by atoms with E-state index >= 15 is 0 Å². The zero-order valence-corrected chi connectivity index (χ0v) is 20.4. The van der Waals surface area contributed by atoms with Gasteiger partial charge in [-0.3, -0.25) is 14.5 Å². The highest BCUT2D eigenvalue weighted by atomic mass is 16.3. The molecule has 3 aromatic rings. The van der Waals surface area contributed by atoms with Gasteiger partial charge in [0.1, 0.15) is 18.3 Å². The van der Waals surface area contributed by atoms with E-state index < -0.39 is 6.04 Å². The fraction of sp³-hybridized carbons (Fsp3) is 0.429. The molecule has 0 N–H and O–H groups in total. The number of unbranched alkanes of at least 4 members (excludes halogenated alkanes) is 4. The van der Waals surface area contributed by atoms with E-state index in [9.17, 15) is 9.59 Å². The van der Waals surface area contributed by atoms with Crippen molar-refractivity contribution in [2.75, 3.05) is 11.4 Å². The molecule has 6 heteroatoms. The Labute approximate surface area is 202 Å². The molecule has 0 saturated carbocycles. The summed E-state index contributed by atoms with van der Waals surface area (Å²) in [5.74, 6) is 0.624. The van der Waals surface area contributed by atoms with Gasteiger partial charge in [0, 0.05) is 18.7 Å². The van der Waals surface area contributed by atoms with Crippen LogP contribution < -0.4 is 4.90 Å². The van der Waals surface area contributed by atoms with Gasteiger partial charge in [-0.15, -0.1) is 0 Å². The Balaban J connectivity index is 1.60. The third kappa shape index (κ3) is 4.81. The minimum absolute atomic E-state index is 0.0394. The molecular formula is C28H35N3O3. The Morgan fingerprint density at radius 2 is 1.74 bits per heavy atom. The third-order valence-corrected chi connectivity index (χ3v) is 6.54. The lowest BCUT2D eigenvalue weighted by Gasteiger charge is -2.38. The number of aromatic nitrogens is 1. The first-order valence-electron chi connectivity index (χ1n) is 12.4. The monoisotopic (exact) mass is 461 g/mol. The van der Waals surface area contributed by atoms with Crippen molar-refractivity contribution in [3.8, 4) is 5.69 Å². The van der Waals surface area contributed by atoms with E-state index in [0.717, 1.165) is 36.3 Å². The summed E-state index contributed by atoms with van der Waals surface area (Å²) < 4.78 is 7.90. The summed E-state index contributed by atoms with van der Waals surface area (Å²) in [6.07, 6.45) is 9.57. The topological polar surface area (TPSA) is 58.7 Å². The molecule has 2 aromatic heterocycles. The highest BCUT2D eigenvalue weighted by molar-refractivity contribution is 6.00. The first-order chi connectivity index (χ1) is 16.5. The average Bonchev–Trinajstić information content (AvgIpc) is 3.53. The minimum Gasteiger partial charge on any atom is -0.467 e. The standard InChI is InChI=1S/C28H35N3O3/c1-4-5-6-7-8-17-26(32)30(21(2)3)20-27(33)31-23-14-10-9-13-22(23)29-18-11-15-24(29)28(31)25-16-12-19-34-25/h9-16,18-19,21,28H,4-8,17,20H2,1-3H3/t28-/m1/s1. The van der Waals surface area contributed by atoms with Gasteiger partial charge < -0.3 is 13.9 Å². The number of hydrogen-bond acceptors (Lipinski definition) is 3. The second kappa shape index (κ2) is 10.8. The predicted octanol–water partition coefficient (Wildman–Crippen LogP) is 6.10. The van der Waals surface area contributed by atoms with Crippen LogP contribution in [0, 0.1) is 0 Å². The van der Waals surface area contributed by atoms with E-state index in [1.54, 1.807) is 16.1 Å². The maximum atomic E-state index is 13.9. The van der Waals surface area contributed by atoms with Gasteiger partial charge in [-0.25, -0.2) is 0 Å². The molecule has 1 aliphatic heterocycles. The van der Waals surface area contributed by atoms with Gasteiger partial charge in [0.15, 0.2) is 0 Å². The second-order valence-corrected chi connectivity index (χ2v) is 9.25. The van der Waals surface area contributed by atoms with Crippen molar-refractivity contribution in [1.82, 2.24) is 9.47 Å². The van der Waals surface area contributed by atoms with Crippen molar-refractivity contribution < 1.29 is 14.0 Å². The fourth-order valence-electron chi connectivity index (χ4n) is 4.78. The van der Waals surface area contributed by atoms with Gasteiger partial charge in [0.25, 0.3) is 0 Å². The average molecular weight is 462 g/mol. The molecule has 6 nitrogen and oxygen atoms in total. The van der Waals surface area contributed by atoms with Gasteiger partial charge in [0.05, 0.1) is 23.3 Å². The molecule has 0 unspecified atom stereocenters. The molecule has 2 amide bonds. The number of amides is 2. The van der Waals surface area contributed by atoms with Crippen LogP contribution in [-0.2, 0) is 9.59 Å². The summed E-state index contributed by atoms with van der Waals surface area (Å²) in [4.78, 5) is 30.5. The molecule has 3 heterocycles. The predicted molar refractivity (Wildman–Crippen MR) is 134 cm³/mol. The van der Waals surface area contributed by atoms with E-state index in [4.69, 9.17) is 4.42 Å². The van der Waals surface area contributed by atoms with E-state index in [2.05, 4.69) is 11.5 Å². The molecule has 34 heavy (non-hydrogen) atoms. The first-order valence-corrected chi connectivity index (χ1v) is 12.4. The second-order valence-electron chi connectivity index (χ2n) is 9.25. The van der Waals surface area contributed by atoms with Crippen molar-refractivity contribution in [2.24, 2.45) is 0 Å². The molecule has 1 aromatic carbocycles. The fourth-order valence-corrected chi connectivity index (χ4v) is 4.78. The summed E-state index contributed by atoms with van der Waals surface area (Å²) in [6, 6.07) is 15.2. The Hall–Kier alpha value is -3.28. The smallest absolute Gasteiger partial charge is 0.247 e. The summed E-state index contributed by atoms with van der Waals surface area (Å²) >= 11 is 0. The molecule has 0 spiro atoms. The first kappa shape index (κ1) is 23.9. The SMILES string of the molecule is CCCCCCCC(=O)N(CC(=O)N1c2ccccc2-n2cccc2[C@@H]1c1ccco1)C(C)C. The van der Waals surface area contributed by atoms with Crippen LogP contribution in [0.4, 0.5) is 5.69 Å². The van der Waals surface area contributed by atoms with Gasteiger partial charge in [-0.2, -0.15) is 0 Å². The van der Waals surface area contributed by atoms with Crippen LogP contribution in [0.2, 0.25) is 0 Å². The zero-order valence-electron chi connectivity index (χ0n) is 20.4. The highest BCUT2D eigenvalue weighted by Crippen LogP contribution is 2.42. The number of carbonyl (C=O) groups excluding carboxylic acids is 2. The van der Waals surface area contributed by atoms with Gasteiger partial charge in [-0.1, -0.05) is 44.7 Å². The number of hydrogen-bond donors (Lipinski definition) is 0. The molecule has 4 rings (SSSR count). The number of nitrogens with zero attached hydrogens (tertiary/aromatic N) is 3. The van der Waals surface area contributed by atoms with Crippen LogP contribution in [0.3, 0.4) is 0 Å². The van der Waals surface area contributed by atoms with Crippen molar-refractivity contribution in [3.05, 3.63) is 72.4 Å². The van der Waals surface area contributed by atoms with E-state index in [1.807, 2.05) is 68.6 Å². The molecule has 1 aliphatic rings. The lowest BCUT2D eigenvalue weighted by molar-refractivity contribution is -0.137. The van der Waals surface area contributed by atoms with Gasteiger partial charge in [0.2, 0.25) is 11.8 Å². The molecular weight excluding hydrogens is 426 g/mol. The number of benzene rings is 1. The van der Waals surface area contributed by atoms with Crippen molar-refractivity contribution in [2.45, 2.75) is 71.4 Å². The molecule has 1 atom stereocenters. The van der Waals surface area contributed by atoms with Crippen LogP contribution >= 0.6 is 0 Å². The summed E-state index contributed by atoms with van der Waals surface area (Å²) in [7, 11) is 0. The maximum Gasteiger partial charge on any atom is 0.247 e. The largest absolute Gasteiger partial charge is 0.467 e. The molecule has 0 fully saturated rings. The lowest BCUT2D eigenvalue weighted by Crippen LogP contribution is -2.48. The Kier molecular flexibility index (Phi) is 7.56. The van der Waals surface area contributed by atoms with Crippen LogP contribution in [0.5, 0.6) is 0 Å². The molecule has 0 saturated heterocycles. The quantitative estimate of drug-likeness (QED) is 0.343. The van der Waals surface area contributed by atoms with E-state index in [0.29, 0.717) is 12.2 Å². The Bertz CT molecular complexity index is 1100. The number of rotatable bonds is 10. The Morgan fingerprint density at radius 3 is 2.44 bits per heavy atom. The number of para-hydroxylation sites is 2. The van der Waals surface area contributed by atoms with Crippen LogP contribution in [-0.4, -0.2) is 33.9 Å². The number of anilines is 1. The summed E-state index contributed by atoms with van der Waals surface area (Å²) in [5.41, 5.74) is 2.71. The van der Waals surface area contributed by atoms with Crippen LogP contribution in [0.15, 0.2) is 65.4 Å². The van der Waals surface area contributed by atoms with Crippen molar-refractivity contribution in [3.63, 3.8) is 0 Å². The van der Waals surface area contributed by atoms with Crippen molar-refractivity contribution in [1.29, 1.82) is 0 Å². The molecule has 0 radical (unpaired) electrons. The molecule has 0 bridgehead atoms. The van der Waals surface area contributed by atoms with Gasteiger partial charge >= 0.3 is 0 Å². The zero-order chi connectivity index (χ0) is 24.1. The minimum atomic E-state index is -0.398. The third-order valence-electron chi connectivity index (χ3n) is 6.54. The molecule has 0 aliphatic carbocycles.